The van der Waals surface area contributed by atoms with Gasteiger partial charge in [-0.05, 0) is 49.3 Å². The van der Waals surface area contributed by atoms with Gasteiger partial charge in [-0.15, -0.1) is 0 Å². The predicted octanol–water partition coefficient (Wildman–Crippen LogP) is 3.82. The Kier molecular flexibility index (Phi) is 3.03. The molecule has 0 atom stereocenters. The Morgan fingerprint density at radius 3 is 2.60 bits per heavy atom. The van der Waals surface area contributed by atoms with E-state index >= 15 is 0 Å². The van der Waals surface area contributed by atoms with Gasteiger partial charge in [0.25, 0.3) is 0 Å². The van der Waals surface area contributed by atoms with E-state index in [-0.39, 0.29) is 0 Å². The lowest BCUT2D eigenvalue weighted by Gasteiger charge is -2.32. The smallest absolute Gasteiger partial charge is 0.110 e. The van der Waals surface area contributed by atoms with Gasteiger partial charge in [0.2, 0.25) is 0 Å². The molecule has 2 aliphatic rings. The standard InChI is InChI=1S/C17H23N3/c18-14-8-13(9-14)12-6-7-15-16(10-12)20-17(19-15)11-4-2-1-3-5-11/h6-7,10-11,13-14H,1-5,8-9,18H2,(H,19,20). The fourth-order valence-electron chi connectivity index (χ4n) is 3.80. The molecule has 0 aliphatic heterocycles. The number of H-pyrrole nitrogens is 1. The molecule has 2 aromatic rings. The van der Waals surface area contributed by atoms with Gasteiger partial charge in [-0.3, -0.25) is 0 Å². The molecule has 2 fully saturated rings. The molecule has 0 unspecified atom stereocenters. The molecule has 0 spiro atoms. The summed E-state index contributed by atoms with van der Waals surface area (Å²) in [7, 11) is 0. The van der Waals surface area contributed by atoms with Gasteiger partial charge in [0.05, 0.1) is 11.0 Å². The molecule has 0 bridgehead atoms. The molecular formula is C17H23N3. The van der Waals surface area contributed by atoms with E-state index in [2.05, 4.69) is 23.2 Å². The van der Waals surface area contributed by atoms with Gasteiger partial charge < -0.3 is 10.7 Å². The minimum absolute atomic E-state index is 0.412. The molecule has 2 aliphatic carbocycles. The number of benzene rings is 1. The highest BCUT2D eigenvalue weighted by Gasteiger charge is 2.27. The number of fused-ring (bicyclic) bond motifs is 1. The third-order valence-electron chi connectivity index (χ3n) is 5.16. The van der Waals surface area contributed by atoms with Crippen molar-refractivity contribution in [3.8, 4) is 0 Å². The van der Waals surface area contributed by atoms with Crippen molar-refractivity contribution in [2.24, 2.45) is 5.73 Å². The molecule has 0 amide bonds. The summed E-state index contributed by atoms with van der Waals surface area (Å²) in [6, 6.07) is 7.13. The molecule has 106 valence electrons. The summed E-state index contributed by atoms with van der Waals surface area (Å²) in [6.07, 6.45) is 8.96. The first-order valence-corrected chi connectivity index (χ1v) is 8.05. The summed E-state index contributed by atoms with van der Waals surface area (Å²) in [6.45, 7) is 0. The number of hydrogen-bond donors (Lipinski definition) is 2. The number of nitrogens with zero attached hydrogens (tertiary/aromatic N) is 1. The summed E-state index contributed by atoms with van der Waals surface area (Å²) in [4.78, 5) is 8.39. The van der Waals surface area contributed by atoms with Crippen LogP contribution < -0.4 is 5.73 Å². The van der Waals surface area contributed by atoms with Crippen molar-refractivity contribution in [2.45, 2.75) is 62.8 Å². The lowest BCUT2D eigenvalue weighted by molar-refractivity contribution is 0.352. The molecule has 1 heterocycles. The Balaban J connectivity index is 1.61. The fourth-order valence-corrected chi connectivity index (χ4v) is 3.80. The molecule has 20 heavy (non-hydrogen) atoms. The number of nitrogens with two attached hydrogens (primary N) is 1. The van der Waals surface area contributed by atoms with Crippen molar-refractivity contribution in [2.75, 3.05) is 0 Å². The van der Waals surface area contributed by atoms with Crippen LogP contribution in [0.1, 0.15) is 68.2 Å². The second-order valence-electron chi connectivity index (χ2n) is 6.66. The van der Waals surface area contributed by atoms with E-state index in [1.807, 2.05) is 0 Å². The summed E-state index contributed by atoms with van der Waals surface area (Å²) in [5.74, 6) is 2.52. The monoisotopic (exact) mass is 269 g/mol. The Hall–Kier alpha value is -1.35. The Morgan fingerprint density at radius 2 is 1.85 bits per heavy atom. The quantitative estimate of drug-likeness (QED) is 0.871. The predicted molar refractivity (Wildman–Crippen MR) is 81.9 cm³/mol. The van der Waals surface area contributed by atoms with E-state index in [9.17, 15) is 0 Å². The van der Waals surface area contributed by atoms with Crippen molar-refractivity contribution >= 4 is 11.0 Å². The average molecular weight is 269 g/mol. The number of rotatable bonds is 2. The average Bonchev–Trinajstić information content (AvgIpc) is 2.88. The summed E-state index contributed by atoms with van der Waals surface area (Å²) in [5.41, 5.74) is 9.66. The molecule has 3 heteroatoms. The molecule has 1 aromatic heterocycles. The second kappa shape index (κ2) is 4.88. The first kappa shape index (κ1) is 12.4. The zero-order valence-electron chi connectivity index (χ0n) is 11.9. The van der Waals surface area contributed by atoms with Crippen LogP contribution in [0.2, 0.25) is 0 Å². The number of aromatic amines is 1. The van der Waals surface area contributed by atoms with Gasteiger partial charge in [-0.2, -0.15) is 0 Å². The summed E-state index contributed by atoms with van der Waals surface area (Å²) < 4.78 is 0. The SMILES string of the molecule is NC1CC(c2ccc3nc(C4CCCCC4)[nH]c3c2)C1. The third kappa shape index (κ3) is 2.14. The highest BCUT2D eigenvalue weighted by Crippen LogP contribution is 2.37. The van der Waals surface area contributed by atoms with Crippen molar-refractivity contribution in [1.29, 1.82) is 0 Å². The van der Waals surface area contributed by atoms with Crippen LogP contribution >= 0.6 is 0 Å². The van der Waals surface area contributed by atoms with E-state index in [0.29, 0.717) is 17.9 Å². The van der Waals surface area contributed by atoms with Gasteiger partial charge in [-0.25, -0.2) is 4.98 Å². The van der Waals surface area contributed by atoms with E-state index in [0.717, 1.165) is 18.4 Å². The van der Waals surface area contributed by atoms with Gasteiger partial charge in [0.1, 0.15) is 5.82 Å². The van der Waals surface area contributed by atoms with Crippen molar-refractivity contribution in [1.82, 2.24) is 9.97 Å². The van der Waals surface area contributed by atoms with Crippen LogP contribution in [0.15, 0.2) is 18.2 Å². The van der Waals surface area contributed by atoms with Crippen LogP contribution in [0.4, 0.5) is 0 Å². The second-order valence-corrected chi connectivity index (χ2v) is 6.66. The molecule has 0 saturated heterocycles. The minimum Gasteiger partial charge on any atom is -0.342 e. The zero-order valence-corrected chi connectivity index (χ0v) is 11.9. The molecule has 3 nitrogen and oxygen atoms in total. The van der Waals surface area contributed by atoms with Crippen molar-refractivity contribution < 1.29 is 0 Å². The van der Waals surface area contributed by atoms with E-state index < -0.39 is 0 Å². The first-order valence-electron chi connectivity index (χ1n) is 8.05. The fraction of sp³-hybridized carbons (Fsp3) is 0.588. The maximum atomic E-state index is 5.90. The van der Waals surface area contributed by atoms with Crippen LogP contribution in [-0.4, -0.2) is 16.0 Å². The number of nitrogens with one attached hydrogen (secondary N) is 1. The van der Waals surface area contributed by atoms with Gasteiger partial charge in [0.15, 0.2) is 0 Å². The normalized spacial score (nSPS) is 27.6. The molecule has 0 radical (unpaired) electrons. The molecule has 3 N–H and O–H groups in total. The molecule has 4 rings (SSSR count). The van der Waals surface area contributed by atoms with E-state index in [1.165, 1.54) is 49.0 Å². The Morgan fingerprint density at radius 1 is 1.05 bits per heavy atom. The summed E-state index contributed by atoms with van der Waals surface area (Å²) in [5, 5.41) is 0. The van der Waals surface area contributed by atoms with E-state index in [4.69, 9.17) is 10.7 Å². The number of hydrogen-bond acceptors (Lipinski definition) is 2. The maximum absolute atomic E-state index is 5.90. The molecule has 2 saturated carbocycles. The topological polar surface area (TPSA) is 54.7 Å². The summed E-state index contributed by atoms with van der Waals surface area (Å²) >= 11 is 0. The van der Waals surface area contributed by atoms with Crippen molar-refractivity contribution in [3.63, 3.8) is 0 Å². The lowest BCUT2D eigenvalue weighted by Crippen LogP contribution is -2.34. The molecule has 1 aromatic carbocycles. The molecular weight excluding hydrogens is 246 g/mol. The van der Waals surface area contributed by atoms with Gasteiger partial charge >= 0.3 is 0 Å². The van der Waals surface area contributed by atoms with Crippen LogP contribution in [-0.2, 0) is 0 Å². The van der Waals surface area contributed by atoms with Crippen LogP contribution in [0.5, 0.6) is 0 Å². The Labute approximate surface area is 120 Å². The lowest BCUT2D eigenvalue weighted by atomic mass is 9.76. The van der Waals surface area contributed by atoms with Crippen molar-refractivity contribution in [3.05, 3.63) is 29.6 Å². The van der Waals surface area contributed by atoms with Gasteiger partial charge in [-0.1, -0.05) is 25.3 Å². The van der Waals surface area contributed by atoms with Crippen LogP contribution in [0, 0.1) is 0 Å². The van der Waals surface area contributed by atoms with Crippen LogP contribution in [0.3, 0.4) is 0 Å². The highest BCUT2D eigenvalue weighted by atomic mass is 14.9. The van der Waals surface area contributed by atoms with Gasteiger partial charge in [0, 0.05) is 12.0 Å². The minimum atomic E-state index is 0.412. The zero-order chi connectivity index (χ0) is 13.5. The number of aromatic nitrogens is 2. The number of imidazole rings is 1. The largest absolute Gasteiger partial charge is 0.342 e. The maximum Gasteiger partial charge on any atom is 0.110 e. The Bertz CT molecular complexity index is 604. The highest BCUT2D eigenvalue weighted by molar-refractivity contribution is 5.76. The third-order valence-corrected chi connectivity index (χ3v) is 5.16. The van der Waals surface area contributed by atoms with E-state index in [1.54, 1.807) is 0 Å². The van der Waals surface area contributed by atoms with Crippen LogP contribution in [0.25, 0.3) is 11.0 Å². The first-order chi connectivity index (χ1) is 9.79.